The lowest BCUT2D eigenvalue weighted by molar-refractivity contribution is -0.137. The molecule has 26 nitrogen and oxygen atoms in total. The number of aliphatic imine (C=N–C) groups is 1. The van der Waals surface area contributed by atoms with Gasteiger partial charge in [0.2, 0.25) is 41.4 Å². The number of nitrogens with zero attached hydrogens (tertiary/aromatic N) is 1. The van der Waals surface area contributed by atoms with Crippen LogP contribution in [0.2, 0.25) is 0 Å². The summed E-state index contributed by atoms with van der Waals surface area (Å²) < 4.78 is 0. The Kier molecular flexibility index (Phi) is 35.9. The van der Waals surface area contributed by atoms with Gasteiger partial charge in [0.15, 0.2) is 34.9 Å². The fourth-order valence-corrected chi connectivity index (χ4v) is 9.73. The number of hydrogen-bond acceptors (Lipinski definition) is 17. The zero-order valence-electron chi connectivity index (χ0n) is 51.7. The van der Waals surface area contributed by atoms with Crippen molar-refractivity contribution in [2.24, 2.45) is 80.8 Å². The van der Waals surface area contributed by atoms with Crippen LogP contribution in [0.4, 0.5) is 0 Å². The van der Waals surface area contributed by atoms with Crippen LogP contribution in [0.15, 0.2) is 29.3 Å². The standard InChI is InChI=1S/C60H100N12O14/c1-9-34(4)44(32-52(80)54(37(7)73)69-38(8)74)59(86)72-47(22-23-53(63)81)51(79)30-41(28-39-18-20-42(75)21-19-39)57(84)70-46(17-14-26-67-60(65)66)50(78)29-40(15-10-12-24-61)56(83)68-36(6)48(76)31-43(33(2)3)58(85)71-45(16-11-13-25-62)49(77)27-35(5)55(64)82/h18-21,33-37,40-41,43-47,54,73,75H,9-17,22-32,61-62H2,1-8H3,(H2,63,81)(H2,64,82)(H,68,83)(H,69,74)(H,70,84)(H,71,85)(H,72,86)(H4,65,66,67)/t34-,35+,36-,37-,40+,41+,43-,44-,45-,46-,47-,54-/m0/s1. The Hall–Kier alpha value is -7.19. The number of carbonyl (C=O) groups excluding carboxylic acids is 12. The summed E-state index contributed by atoms with van der Waals surface area (Å²) in [5.74, 6) is -14.0. The number of benzene rings is 1. The third-order valence-electron chi connectivity index (χ3n) is 15.4. The molecule has 0 bridgehead atoms. The van der Waals surface area contributed by atoms with E-state index in [0.717, 1.165) is 0 Å². The number of ketones is 5. The van der Waals surface area contributed by atoms with Crippen molar-refractivity contribution < 1.29 is 67.7 Å². The quantitative estimate of drug-likeness (QED) is 0.0239. The largest absolute Gasteiger partial charge is 0.508 e. The van der Waals surface area contributed by atoms with Gasteiger partial charge < -0.3 is 71.2 Å². The van der Waals surface area contributed by atoms with Gasteiger partial charge in [-0.3, -0.25) is 62.5 Å². The third-order valence-corrected chi connectivity index (χ3v) is 15.4. The molecule has 0 spiro atoms. The first-order chi connectivity index (χ1) is 40.4. The van der Waals surface area contributed by atoms with Gasteiger partial charge in [-0.25, -0.2) is 0 Å². The van der Waals surface area contributed by atoms with Crippen molar-refractivity contribution in [3.63, 3.8) is 0 Å². The molecule has 0 radical (unpaired) electrons. The maximum absolute atomic E-state index is 14.7. The van der Waals surface area contributed by atoms with E-state index in [2.05, 4.69) is 31.6 Å². The fourth-order valence-electron chi connectivity index (χ4n) is 9.73. The number of phenolic OH excluding ortho intramolecular Hbond substituents is 1. The van der Waals surface area contributed by atoms with Crippen LogP contribution < -0.4 is 61.0 Å². The zero-order valence-corrected chi connectivity index (χ0v) is 51.7. The van der Waals surface area contributed by atoms with Gasteiger partial charge in [0.05, 0.1) is 30.3 Å². The number of primary amides is 2. The maximum atomic E-state index is 14.7. The second-order valence-corrected chi connectivity index (χ2v) is 23.1. The second kappa shape index (κ2) is 40.2. The van der Waals surface area contributed by atoms with E-state index in [-0.39, 0.29) is 82.6 Å². The normalized spacial score (nSPS) is 15.5. The molecular formula is C60H100N12O14. The molecule has 1 rings (SSSR count). The molecule has 0 saturated carbocycles. The van der Waals surface area contributed by atoms with Crippen molar-refractivity contribution in [2.75, 3.05) is 19.6 Å². The molecule has 1 aromatic rings. The summed E-state index contributed by atoms with van der Waals surface area (Å²) in [5.41, 5.74) is 34.1. The van der Waals surface area contributed by atoms with Gasteiger partial charge in [-0.15, -0.1) is 0 Å². The smallest absolute Gasteiger partial charge is 0.224 e. The number of hydrogen-bond donors (Lipinski definition) is 13. The number of rotatable bonds is 46. The molecule has 0 aliphatic heterocycles. The number of Topliss-reactive ketones (excluding diaryl/α,β-unsaturated/α-hetero) is 5. The van der Waals surface area contributed by atoms with Gasteiger partial charge in [0.25, 0.3) is 0 Å². The Morgan fingerprint density at radius 2 is 1.03 bits per heavy atom. The van der Waals surface area contributed by atoms with Gasteiger partial charge in [-0.1, -0.05) is 59.6 Å². The summed E-state index contributed by atoms with van der Waals surface area (Å²) in [6, 6.07) is -0.408. The molecule has 0 unspecified atom stereocenters. The maximum Gasteiger partial charge on any atom is 0.224 e. The Labute approximate surface area is 505 Å². The molecule has 0 aromatic heterocycles. The Bertz CT molecular complexity index is 2450. The molecule has 0 fully saturated rings. The Morgan fingerprint density at radius 3 is 1.53 bits per heavy atom. The lowest BCUT2D eigenvalue weighted by Gasteiger charge is -2.28. The molecule has 0 aliphatic rings. The number of phenols is 1. The number of unbranched alkanes of at least 4 members (excludes halogenated alkanes) is 2. The van der Waals surface area contributed by atoms with Crippen molar-refractivity contribution in [3.05, 3.63) is 29.8 Å². The summed E-state index contributed by atoms with van der Waals surface area (Å²) in [5, 5.41) is 33.8. The highest BCUT2D eigenvalue weighted by Crippen LogP contribution is 2.25. The average molecular weight is 1210 g/mol. The monoisotopic (exact) mass is 1210 g/mol. The van der Waals surface area contributed by atoms with Crippen LogP contribution in [0.25, 0.3) is 0 Å². The van der Waals surface area contributed by atoms with Crippen LogP contribution in [0.5, 0.6) is 5.75 Å². The van der Waals surface area contributed by atoms with Crippen LogP contribution >= 0.6 is 0 Å². The lowest BCUT2D eigenvalue weighted by atomic mass is 9.84. The van der Waals surface area contributed by atoms with Crippen LogP contribution in [0.3, 0.4) is 0 Å². The van der Waals surface area contributed by atoms with Crippen LogP contribution in [0, 0.1) is 41.4 Å². The minimum atomic E-state index is -1.42. The highest BCUT2D eigenvalue weighted by molar-refractivity contribution is 5.99. The van der Waals surface area contributed by atoms with Gasteiger partial charge >= 0.3 is 0 Å². The second-order valence-electron chi connectivity index (χ2n) is 23.1. The Morgan fingerprint density at radius 1 is 0.547 bits per heavy atom. The summed E-state index contributed by atoms with van der Waals surface area (Å²) in [6.07, 6.45) is -1.30. The van der Waals surface area contributed by atoms with Crippen LogP contribution in [-0.4, -0.2) is 142 Å². The van der Waals surface area contributed by atoms with E-state index in [1.54, 1.807) is 27.7 Å². The number of guanidine groups is 1. The first-order valence-corrected chi connectivity index (χ1v) is 30.0. The van der Waals surface area contributed by atoms with Crippen molar-refractivity contribution >= 4 is 76.2 Å². The zero-order chi connectivity index (χ0) is 65.4. The first-order valence-electron chi connectivity index (χ1n) is 30.0. The lowest BCUT2D eigenvalue weighted by Crippen LogP contribution is -2.50. The van der Waals surface area contributed by atoms with E-state index < -0.39 is 167 Å². The van der Waals surface area contributed by atoms with E-state index >= 15 is 0 Å². The van der Waals surface area contributed by atoms with Crippen molar-refractivity contribution in [3.8, 4) is 5.75 Å². The Balaban J connectivity index is 3.69. The summed E-state index contributed by atoms with van der Waals surface area (Å²) in [6.45, 7) is 13.0. The molecule has 26 heteroatoms. The molecule has 19 N–H and O–H groups in total. The predicted octanol–water partition coefficient (Wildman–Crippen LogP) is 0.441. The molecule has 0 saturated heterocycles. The van der Waals surface area contributed by atoms with E-state index in [0.29, 0.717) is 44.2 Å². The van der Waals surface area contributed by atoms with E-state index in [4.69, 9.17) is 34.4 Å². The number of nitrogens with one attached hydrogen (secondary N) is 5. The SMILES string of the molecule is CC[C@H](C)[C@H](CC(=O)[C@@H](NC(C)=O)[C@H](C)O)C(=O)N[C@@H](CCC(N)=O)C(=O)C[C@@H](Cc1ccc(O)cc1)C(=O)N[C@@H](CCCN=C(N)N)C(=O)C[C@@H](CCCCN)C(=O)N[C@@H](C)C(=O)C[C@H](C(=O)N[C@@H](CCCCN)C(=O)C[C@@H](C)C(N)=O)C(C)C. The minimum absolute atomic E-state index is 0.0317. The average Bonchev–Trinajstić information content (AvgIpc) is 3.30. The minimum Gasteiger partial charge on any atom is -0.508 e. The highest BCUT2D eigenvalue weighted by atomic mass is 16.3. The van der Waals surface area contributed by atoms with Gasteiger partial charge in [-0.2, -0.15) is 0 Å². The van der Waals surface area contributed by atoms with Gasteiger partial charge in [-0.05, 0) is 114 Å². The molecule has 7 amide bonds. The van der Waals surface area contributed by atoms with Gasteiger partial charge in [0, 0.05) is 81.6 Å². The highest BCUT2D eigenvalue weighted by Gasteiger charge is 2.38. The summed E-state index contributed by atoms with van der Waals surface area (Å²) >= 11 is 0. The van der Waals surface area contributed by atoms with Crippen LogP contribution in [0.1, 0.15) is 164 Å². The molecule has 0 heterocycles. The number of carbonyl (C=O) groups is 12. The first kappa shape index (κ1) is 76.8. The van der Waals surface area contributed by atoms with E-state index in [1.807, 2.05) is 0 Å². The number of aliphatic hydroxyl groups excluding tert-OH is 1. The third kappa shape index (κ3) is 29.3. The summed E-state index contributed by atoms with van der Waals surface area (Å²) in [4.78, 5) is 167. The molecule has 12 atom stereocenters. The molecule has 86 heavy (non-hydrogen) atoms. The van der Waals surface area contributed by atoms with Crippen molar-refractivity contribution in [1.29, 1.82) is 0 Å². The molecule has 484 valence electrons. The molecule has 1 aromatic carbocycles. The predicted molar refractivity (Wildman–Crippen MR) is 323 cm³/mol. The topological polar surface area (TPSA) is 474 Å². The molecule has 0 aliphatic carbocycles. The van der Waals surface area contributed by atoms with E-state index in [9.17, 15) is 67.7 Å². The van der Waals surface area contributed by atoms with Gasteiger partial charge in [0.1, 0.15) is 11.8 Å². The number of nitrogens with two attached hydrogens (primary N) is 6. The van der Waals surface area contributed by atoms with Crippen molar-refractivity contribution in [2.45, 2.75) is 201 Å². The number of aliphatic hydroxyl groups is 1. The van der Waals surface area contributed by atoms with Crippen molar-refractivity contribution in [1.82, 2.24) is 26.6 Å². The number of amides is 7. The van der Waals surface area contributed by atoms with E-state index in [1.165, 1.54) is 52.0 Å². The van der Waals surface area contributed by atoms with Crippen LogP contribution in [-0.2, 0) is 64.0 Å². The number of aromatic hydroxyl groups is 1. The fraction of sp³-hybridized carbons (Fsp3) is 0.683. The molecular weight excluding hydrogens is 1110 g/mol. The summed E-state index contributed by atoms with van der Waals surface area (Å²) in [7, 11) is 0.